The van der Waals surface area contributed by atoms with Crippen LogP contribution in [-0.4, -0.2) is 52.3 Å². The molecule has 6 aromatic carbocycles. The summed E-state index contributed by atoms with van der Waals surface area (Å²) in [5, 5.41) is 15.0. The number of ether oxygens (including phenoxy) is 1. The second-order valence-electron chi connectivity index (χ2n) is 15.1. The number of nitrogens with zero attached hydrogens (tertiary/aromatic N) is 4. The summed E-state index contributed by atoms with van der Waals surface area (Å²) >= 11 is 7.92. The molecule has 8 nitrogen and oxygen atoms in total. The van der Waals surface area contributed by atoms with Gasteiger partial charge in [-0.25, -0.2) is 0 Å². The van der Waals surface area contributed by atoms with E-state index < -0.39 is 28.8 Å². The largest absolute Gasteiger partial charge is 0.423 e. The summed E-state index contributed by atoms with van der Waals surface area (Å²) in [4.78, 5) is 24.0. The van der Waals surface area contributed by atoms with E-state index in [4.69, 9.17) is 34.7 Å². The Morgan fingerprint density at radius 3 is 1.40 bits per heavy atom. The molecule has 3 spiro atoms. The zero-order valence-corrected chi connectivity index (χ0v) is 34.7. The van der Waals surface area contributed by atoms with E-state index in [2.05, 4.69) is 116 Å². The van der Waals surface area contributed by atoms with Gasteiger partial charge in [-0.2, -0.15) is 0 Å². The van der Waals surface area contributed by atoms with Gasteiger partial charge in [-0.05, 0) is 53.0 Å². The average Bonchev–Trinajstić information content (AvgIpc) is 4.00. The summed E-state index contributed by atoms with van der Waals surface area (Å²) in [6, 6.07) is 57.0. The number of fused-ring (bicyclic) bond motifs is 2. The maximum absolute atomic E-state index is 7.51. The molecule has 1 unspecified atom stereocenters. The maximum Gasteiger partial charge on any atom is 0.366 e. The first kappa shape index (κ1) is 36.8. The van der Waals surface area contributed by atoms with Gasteiger partial charge in [0, 0.05) is 31.7 Å². The lowest BCUT2D eigenvalue weighted by Gasteiger charge is -2.58. The minimum atomic E-state index is -1.79. The Morgan fingerprint density at radius 1 is 0.517 bits per heavy atom. The van der Waals surface area contributed by atoms with Crippen molar-refractivity contribution in [3.05, 3.63) is 212 Å². The number of benzene rings is 6. The highest BCUT2D eigenvalue weighted by atomic mass is 79.9. The molecule has 0 bridgehead atoms. The topological polar surface area (TPSA) is 77.2 Å². The van der Waals surface area contributed by atoms with Crippen molar-refractivity contribution in [2.45, 2.75) is 41.8 Å². The predicted octanol–water partition coefficient (Wildman–Crippen LogP) is 10.6. The van der Waals surface area contributed by atoms with Crippen LogP contribution in [0.5, 0.6) is 0 Å². The third-order valence-corrected chi connectivity index (χ3v) is 13.4. The first-order valence-corrected chi connectivity index (χ1v) is 20.9. The van der Waals surface area contributed by atoms with Crippen LogP contribution in [0.25, 0.3) is 0 Å². The van der Waals surface area contributed by atoms with Crippen LogP contribution in [0.1, 0.15) is 58.2 Å². The van der Waals surface area contributed by atoms with Gasteiger partial charge in [0.2, 0.25) is 11.2 Å². The summed E-state index contributed by atoms with van der Waals surface area (Å²) in [6.07, 6.45) is 0. The summed E-state index contributed by atoms with van der Waals surface area (Å²) in [5.41, 5.74) is 4.20. The number of hydrogen-bond donors (Lipinski definition) is 0. The van der Waals surface area contributed by atoms with Crippen LogP contribution in [0.2, 0.25) is 0 Å². The molecule has 288 valence electrons. The van der Waals surface area contributed by atoms with E-state index in [1.165, 1.54) is 0 Å². The van der Waals surface area contributed by atoms with E-state index in [9.17, 15) is 0 Å². The molecular formula is C48H38Br2N4O4. The van der Waals surface area contributed by atoms with Crippen LogP contribution in [0.3, 0.4) is 0 Å². The fourth-order valence-electron chi connectivity index (χ4n) is 9.27. The second kappa shape index (κ2) is 14.7. The van der Waals surface area contributed by atoms with Crippen LogP contribution in [0.4, 0.5) is 0 Å². The van der Waals surface area contributed by atoms with Gasteiger partial charge in [-0.1, -0.05) is 188 Å². The monoisotopic (exact) mass is 892 g/mol. The minimum Gasteiger partial charge on any atom is -0.423 e. The molecule has 6 atom stereocenters. The Morgan fingerprint density at radius 2 is 0.931 bits per heavy atom. The van der Waals surface area contributed by atoms with Crippen LogP contribution in [0.15, 0.2) is 194 Å². The number of rotatable bonds is 7. The zero-order valence-electron chi connectivity index (χ0n) is 31.5. The summed E-state index contributed by atoms with van der Waals surface area (Å²) in [6.45, 7) is 2.86. The van der Waals surface area contributed by atoms with Gasteiger partial charge in [0.1, 0.15) is 0 Å². The number of piperidine rings is 1. The van der Waals surface area contributed by atoms with Crippen molar-refractivity contribution in [2.24, 2.45) is 15.5 Å². The molecule has 0 amide bonds. The number of hydrogen-bond acceptors (Lipinski definition) is 8. The number of halogens is 2. The molecule has 0 saturated carbocycles. The van der Waals surface area contributed by atoms with Crippen LogP contribution in [0, 0.1) is 0 Å². The van der Waals surface area contributed by atoms with E-state index in [1.807, 2.05) is 97.1 Å². The van der Waals surface area contributed by atoms with Gasteiger partial charge in [0.05, 0.1) is 36.3 Å². The molecule has 4 aliphatic rings. The normalized spacial score (nSPS) is 26.6. The Hall–Kier alpha value is -5.55. The number of oxime groups is 3. The third-order valence-electron chi connectivity index (χ3n) is 12.0. The fraction of sp³-hybridized carbons (Fsp3) is 0.188. The lowest BCUT2D eigenvalue weighted by atomic mass is 9.60. The van der Waals surface area contributed by atoms with Crippen molar-refractivity contribution in [2.75, 3.05) is 13.1 Å². The maximum atomic E-state index is 7.51. The number of likely N-dealkylation sites (tertiary alicyclic amines) is 1. The molecule has 58 heavy (non-hydrogen) atoms. The summed E-state index contributed by atoms with van der Waals surface area (Å²) in [7, 11) is 0. The predicted molar refractivity (Wildman–Crippen MR) is 232 cm³/mol. The van der Waals surface area contributed by atoms with Crippen molar-refractivity contribution >= 4 is 49.2 Å². The van der Waals surface area contributed by atoms with Crippen molar-refractivity contribution < 1.29 is 19.2 Å². The molecular weight excluding hydrogens is 856 g/mol. The highest BCUT2D eigenvalue weighted by Gasteiger charge is 2.86. The average molecular weight is 895 g/mol. The zero-order chi connectivity index (χ0) is 39.3. The lowest BCUT2D eigenvalue weighted by Crippen LogP contribution is -2.81. The van der Waals surface area contributed by atoms with Crippen LogP contribution < -0.4 is 0 Å². The van der Waals surface area contributed by atoms with Crippen LogP contribution in [-0.2, 0) is 19.2 Å². The van der Waals surface area contributed by atoms with Crippen molar-refractivity contribution in [1.82, 2.24) is 4.90 Å². The Labute approximate surface area is 354 Å². The smallest absolute Gasteiger partial charge is 0.366 e. The van der Waals surface area contributed by atoms with Crippen molar-refractivity contribution in [3.8, 4) is 0 Å². The van der Waals surface area contributed by atoms with Crippen molar-refractivity contribution in [1.29, 1.82) is 0 Å². The first-order chi connectivity index (χ1) is 28.4. The van der Waals surface area contributed by atoms with E-state index in [0.717, 1.165) is 53.7 Å². The van der Waals surface area contributed by atoms with Crippen molar-refractivity contribution in [3.63, 3.8) is 0 Å². The van der Waals surface area contributed by atoms with Gasteiger partial charge in [-0.15, -0.1) is 0 Å². The van der Waals surface area contributed by atoms with Gasteiger partial charge in [-0.3, -0.25) is 4.90 Å². The molecule has 0 aliphatic carbocycles. The highest BCUT2D eigenvalue weighted by molar-refractivity contribution is 9.10. The van der Waals surface area contributed by atoms with E-state index >= 15 is 0 Å². The molecule has 1 fully saturated rings. The molecule has 0 N–H and O–H groups in total. The molecule has 10 rings (SSSR count). The molecule has 0 aromatic heterocycles. The van der Waals surface area contributed by atoms with Gasteiger partial charge in [0.15, 0.2) is 0 Å². The highest BCUT2D eigenvalue weighted by Crippen LogP contribution is 2.64. The molecule has 0 radical (unpaired) electrons. The van der Waals surface area contributed by atoms with Gasteiger partial charge >= 0.3 is 5.79 Å². The molecule has 4 heterocycles. The Bertz CT molecular complexity index is 2430. The summed E-state index contributed by atoms with van der Waals surface area (Å²) < 4.78 is 9.30. The SMILES string of the molecule is C[C@H](c1ccccc1)N1C[C@@]2(ON=C(c3ccccc3)[C@H]2c2ccccc2Br)C2(ON=C(c3ccccc3)O2)[C@]2(C1)ON=C(c1ccccc1)[C@H]2c1ccccc1Br. The van der Waals surface area contributed by atoms with Gasteiger partial charge < -0.3 is 19.2 Å². The Kier molecular flexibility index (Phi) is 9.31. The Balaban J connectivity index is 1.28. The van der Waals surface area contributed by atoms with Gasteiger partial charge in [0.25, 0.3) is 5.90 Å². The first-order valence-electron chi connectivity index (χ1n) is 19.4. The molecule has 1 saturated heterocycles. The molecule has 4 aliphatic heterocycles. The minimum absolute atomic E-state index is 0.114. The van der Waals surface area contributed by atoms with Crippen LogP contribution >= 0.6 is 31.9 Å². The third kappa shape index (κ3) is 5.67. The molecule has 10 heteroatoms. The summed E-state index contributed by atoms with van der Waals surface area (Å²) in [5.74, 6) is -2.61. The van der Waals surface area contributed by atoms with E-state index in [0.29, 0.717) is 19.0 Å². The quantitative estimate of drug-likeness (QED) is 0.160. The second-order valence-corrected chi connectivity index (χ2v) is 16.8. The fourth-order valence-corrected chi connectivity index (χ4v) is 10.3. The standard InChI is InChI=1S/C48H38Br2N4O4/c1-32(33-18-6-2-7-19-33)54-30-46(41(37-26-14-16-28-39(37)49)43(51-56-46)34-20-8-3-9-21-34)48(55-45(53-58-48)36-24-12-5-13-25-36)47(31-54)42(38-27-15-17-29-40(38)50)44(52-57-47)35-22-10-4-11-23-35/h2-29,32,41-42H,30-31H2,1H3/t32-,41-,42-,46-,47+,48?/m1/s1. The van der Waals surface area contributed by atoms with E-state index in [1.54, 1.807) is 0 Å². The lowest BCUT2D eigenvalue weighted by molar-refractivity contribution is -0.383. The van der Waals surface area contributed by atoms with E-state index in [-0.39, 0.29) is 6.04 Å². The molecule has 6 aromatic rings.